The van der Waals surface area contributed by atoms with Crippen LogP contribution in [0.5, 0.6) is 0 Å². The second-order valence-corrected chi connectivity index (χ2v) is 2.86. The maximum atomic E-state index is 4.92. The van der Waals surface area contributed by atoms with Gasteiger partial charge in [0.05, 0.1) is 18.0 Å². The molecule has 0 radical (unpaired) electrons. The molecule has 0 unspecified atom stereocenters. The molecule has 0 aliphatic rings. The quantitative estimate of drug-likeness (QED) is 0.708. The predicted octanol–water partition coefficient (Wildman–Crippen LogP) is 1.15. The van der Waals surface area contributed by atoms with Crippen molar-refractivity contribution in [3.63, 3.8) is 0 Å². The Kier molecular flexibility index (Phi) is 3.64. The van der Waals surface area contributed by atoms with Gasteiger partial charge < -0.3 is 10.1 Å². The molecule has 0 bridgehead atoms. The number of rotatable bonds is 4. The van der Waals surface area contributed by atoms with E-state index in [0.717, 1.165) is 23.8 Å². The third kappa shape index (κ3) is 2.99. The third-order valence-electron chi connectivity index (χ3n) is 1.67. The second-order valence-electron chi connectivity index (χ2n) is 2.86. The summed E-state index contributed by atoms with van der Waals surface area (Å²) in [6.07, 6.45) is 1.76. The normalized spacial score (nSPS) is 10.1. The average molecular weight is 181 g/mol. The summed E-state index contributed by atoms with van der Waals surface area (Å²) < 4.78 is 4.92. The average Bonchev–Trinajstić information content (AvgIpc) is 2.11. The number of aromatic nitrogens is 2. The Morgan fingerprint density at radius 3 is 2.92 bits per heavy atom. The molecule has 0 spiro atoms. The predicted molar refractivity (Wildman–Crippen MR) is 51.9 cm³/mol. The molecule has 0 saturated carbocycles. The molecular weight excluding hydrogens is 166 g/mol. The molecule has 4 heteroatoms. The maximum absolute atomic E-state index is 4.92. The van der Waals surface area contributed by atoms with E-state index in [1.165, 1.54) is 0 Å². The topological polar surface area (TPSA) is 47.0 Å². The Balaban J connectivity index is 2.59. The minimum atomic E-state index is 0.676. The third-order valence-corrected chi connectivity index (χ3v) is 1.67. The van der Waals surface area contributed by atoms with Crippen molar-refractivity contribution >= 4 is 5.82 Å². The fraction of sp³-hybridized carbons (Fsp3) is 0.556. The number of anilines is 1. The molecule has 0 fully saturated rings. The van der Waals surface area contributed by atoms with Gasteiger partial charge in [-0.2, -0.15) is 0 Å². The summed E-state index contributed by atoms with van der Waals surface area (Å²) in [4.78, 5) is 8.51. The summed E-state index contributed by atoms with van der Waals surface area (Å²) in [6.45, 7) is 5.29. The van der Waals surface area contributed by atoms with Crippen LogP contribution in [0.15, 0.2) is 6.20 Å². The zero-order chi connectivity index (χ0) is 9.68. The van der Waals surface area contributed by atoms with Gasteiger partial charge in [-0.05, 0) is 13.8 Å². The lowest BCUT2D eigenvalue weighted by atomic mass is 10.4. The van der Waals surface area contributed by atoms with Gasteiger partial charge in [0, 0.05) is 19.9 Å². The lowest BCUT2D eigenvalue weighted by Gasteiger charge is -2.07. The number of ether oxygens (including phenoxy) is 1. The molecule has 0 aliphatic heterocycles. The van der Waals surface area contributed by atoms with Crippen LogP contribution in [0.4, 0.5) is 5.82 Å². The summed E-state index contributed by atoms with van der Waals surface area (Å²) >= 11 is 0. The van der Waals surface area contributed by atoms with Crippen LogP contribution < -0.4 is 5.32 Å². The summed E-state index contributed by atoms with van der Waals surface area (Å²) in [5.74, 6) is 0.844. The zero-order valence-electron chi connectivity index (χ0n) is 8.29. The van der Waals surface area contributed by atoms with Crippen LogP contribution in [0.2, 0.25) is 0 Å². The highest BCUT2D eigenvalue weighted by Crippen LogP contribution is 2.07. The largest absolute Gasteiger partial charge is 0.383 e. The molecule has 13 heavy (non-hydrogen) atoms. The van der Waals surface area contributed by atoms with E-state index in [2.05, 4.69) is 15.3 Å². The Bertz CT molecular complexity index is 276. The molecule has 1 aromatic heterocycles. The van der Waals surface area contributed by atoms with Crippen LogP contribution >= 0.6 is 0 Å². The first-order valence-corrected chi connectivity index (χ1v) is 4.27. The van der Waals surface area contributed by atoms with Gasteiger partial charge in [0.1, 0.15) is 5.82 Å². The smallest absolute Gasteiger partial charge is 0.147 e. The van der Waals surface area contributed by atoms with Crippen LogP contribution in [-0.2, 0) is 4.74 Å². The van der Waals surface area contributed by atoms with Crippen LogP contribution in [0.1, 0.15) is 11.4 Å². The van der Waals surface area contributed by atoms with Gasteiger partial charge in [-0.15, -0.1) is 0 Å². The van der Waals surface area contributed by atoms with Crippen molar-refractivity contribution in [1.82, 2.24) is 9.97 Å². The number of nitrogens with one attached hydrogen (secondary N) is 1. The van der Waals surface area contributed by atoms with Crippen LogP contribution in [0.25, 0.3) is 0 Å². The second kappa shape index (κ2) is 4.77. The van der Waals surface area contributed by atoms with E-state index in [0.29, 0.717) is 6.61 Å². The van der Waals surface area contributed by atoms with E-state index in [1.54, 1.807) is 13.3 Å². The highest BCUT2D eigenvalue weighted by atomic mass is 16.5. The molecule has 72 valence electrons. The fourth-order valence-electron chi connectivity index (χ4n) is 0.976. The van der Waals surface area contributed by atoms with E-state index in [4.69, 9.17) is 4.74 Å². The van der Waals surface area contributed by atoms with Gasteiger partial charge in [0.2, 0.25) is 0 Å². The van der Waals surface area contributed by atoms with Crippen LogP contribution in [0, 0.1) is 13.8 Å². The van der Waals surface area contributed by atoms with Gasteiger partial charge in [0.25, 0.3) is 0 Å². The monoisotopic (exact) mass is 181 g/mol. The van der Waals surface area contributed by atoms with Gasteiger partial charge in [-0.1, -0.05) is 0 Å². The maximum Gasteiger partial charge on any atom is 0.147 e. The van der Waals surface area contributed by atoms with E-state index in [-0.39, 0.29) is 0 Å². The number of methoxy groups -OCH3 is 1. The fourth-order valence-corrected chi connectivity index (χ4v) is 0.976. The molecular formula is C9H15N3O. The molecule has 0 atom stereocenters. The highest BCUT2D eigenvalue weighted by molar-refractivity contribution is 5.39. The molecule has 0 amide bonds. The number of hydrogen-bond donors (Lipinski definition) is 1. The van der Waals surface area contributed by atoms with E-state index < -0.39 is 0 Å². The number of hydrogen-bond acceptors (Lipinski definition) is 4. The first kappa shape index (κ1) is 9.92. The lowest BCUT2D eigenvalue weighted by Crippen LogP contribution is -2.10. The van der Waals surface area contributed by atoms with Crippen molar-refractivity contribution in [2.45, 2.75) is 13.8 Å². The Morgan fingerprint density at radius 1 is 1.46 bits per heavy atom. The molecule has 1 heterocycles. The van der Waals surface area contributed by atoms with E-state index in [9.17, 15) is 0 Å². The zero-order valence-corrected chi connectivity index (χ0v) is 8.29. The summed E-state index contributed by atoms with van der Waals surface area (Å²) in [7, 11) is 1.68. The first-order chi connectivity index (χ1) is 6.24. The lowest BCUT2D eigenvalue weighted by molar-refractivity contribution is 0.210. The van der Waals surface area contributed by atoms with Crippen molar-refractivity contribution in [1.29, 1.82) is 0 Å². The minimum absolute atomic E-state index is 0.676. The van der Waals surface area contributed by atoms with Crippen molar-refractivity contribution in [2.75, 3.05) is 25.6 Å². The number of aryl methyl sites for hydroxylation is 2. The van der Waals surface area contributed by atoms with Gasteiger partial charge in [-0.3, -0.25) is 4.98 Å². The summed E-state index contributed by atoms with van der Waals surface area (Å²) in [6, 6.07) is 0. The molecule has 0 aliphatic carbocycles. The highest BCUT2D eigenvalue weighted by Gasteiger charge is 1.99. The summed E-state index contributed by atoms with van der Waals surface area (Å²) in [5.41, 5.74) is 1.84. The summed E-state index contributed by atoms with van der Waals surface area (Å²) in [5, 5.41) is 3.16. The van der Waals surface area contributed by atoms with Crippen molar-refractivity contribution in [3.05, 3.63) is 17.6 Å². The molecule has 4 nitrogen and oxygen atoms in total. The molecule has 1 aromatic rings. The Labute approximate surface area is 78.4 Å². The van der Waals surface area contributed by atoms with Crippen molar-refractivity contribution in [2.24, 2.45) is 0 Å². The SMILES string of the molecule is COCCNc1nc(C)cnc1C. The Morgan fingerprint density at radius 2 is 2.23 bits per heavy atom. The standard InChI is InChI=1S/C9H15N3O/c1-7-6-11-8(2)9(12-7)10-4-5-13-3/h6H,4-5H2,1-3H3,(H,10,12). The van der Waals surface area contributed by atoms with Gasteiger partial charge in [0.15, 0.2) is 0 Å². The Hall–Kier alpha value is -1.16. The van der Waals surface area contributed by atoms with E-state index >= 15 is 0 Å². The number of nitrogens with zero attached hydrogens (tertiary/aromatic N) is 2. The van der Waals surface area contributed by atoms with Gasteiger partial charge >= 0.3 is 0 Å². The molecule has 0 aromatic carbocycles. The van der Waals surface area contributed by atoms with Crippen LogP contribution in [-0.4, -0.2) is 30.2 Å². The van der Waals surface area contributed by atoms with Crippen molar-refractivity contribution in [3.8, 4) is 0 Å². The van der Waals surface area contributed by atoms with Gasteiger partial charge in [-0.25, -0.2) is 4.98 Å². The van der Waals surface area contributed by atoms with Crippen molar-refractivity contribution < 1.29 is 4.74 Å². The molecule has 1 N–H and O–H groups in total. The minimum Gasteiger partial charge on any atom is -0.383 e. The molecule has 1 rings (SSSR count). The van der Waals surface area contributed by atoms with E-state index in [1.807, 2.05) is 13.8 Å². The molecule has 0 saturated heterocycles. The first-order valence-electron chi connectivity index (χ1n) is 4.27. The van der Waals surface area contributed by atoms with Crippen LogP contribution in [0.3, 0.4) is 0 Å².